The molecule has 26 heavy (non-hydrogen) atoms. The highest BCUT2D eigenvalue weighted by atomic mass is 16.5. The molecule has 1 atom stereocenters. The van der Waals surface area contributed by atoms with Crippen molar-refractivity contribution in [3.63, 3.8) is 0 Å². The lowest BCUT2D eigenvalue weighted by Crippen LogP contribution is -2.36. The normalized spacial score (nSPS) is 16.6. The molecule has 3 rings (SSSR count). The molecular weight excluding hydrogens is 328 g/mol. The van der Waals surface area contributed by atoms with Crippen molar-refractivity contribution in [2.45, 2.75) is 26.3 Å². The van der Waals surface area contributed by atoms with Crippen molar-refractivity contribution in [3.05, 3.63) is 59.7 Å². The molecule has 0 radical (unpaired) electrons. The average Bonchev–Trinajstić information content (AvgIpc) is 3.07. The molecule has 136 valence electrons. The van der Waals surface area contributed by atoms with E-state index in [0.29, 0.717) is 19.5 Å². The van der Waals surface area contributed by atoms with Gasteiger partial charge in [0.05, 0.1) is 7.11 Å². The third-order valence-corrected chi connectivity index (χ3v) is 4.78. The van der Waals surface area contributed by atoms with Crippen molar-refractivity contribution < 1.29 is 14.3 Å². The van der Waals surface area contributed by atoms with Crippen molar-refractivity contribution in [2.75, 3.05) is 18.6 Å². The molecule has 1 heterocycles. The molecule has 0 aromatic heterocycles. The minimum Gasteiger partial charge on any atom is -0.497 e. The molecular formula is C21H24N2O3. The summed E-state index contributed by atoms with van der Waals surface area (Å²) in [5.41, 5.74) is 3.03. The van der Waals surface area contributed by atoms with Gasteiger partial charge in [0.25, 0.3) is 0 Å². The van der Waals surface area contributed by atoms with E-state index in [-0.39, 0.29) is 11.8 Å². The van der Waals surface area contributed by atoms with Gasteiger partial charge in [-0.2, -0.15) is 0 Å². The fraction of sp³-hybridized carbons (Fsp3) is 0.333. The second-order valence-corrected chi connectivity index (χ2v) is 6.42. The molecule has 0 saturated carbocycles. The van der Waals surface area contributed by atoms with Crippen LogP contribution >= 0.6 is 0 Å². The molecule has 1 unspecified atom stereocenters. The summed E-state index contributed by atoms with van der Waals surface area (Å²) < 4.78 is 5.18. The lowest BCUT2D eigenvalue weighted by molar-refractivity contribution is -0.132. The number of hydrogen-bond acceptors (Lipinski definition) is 3. The van der Waals surface area contributed by atoms with Gasteiger partial charge in [0.2, 0.25) is 11.8 Å². The van der Waals surface area contributed by atoms with E-state index < -0.39 is 5.92 Å². The van der Waals surface area contributed by atoms with Gasteiger partial charge in [0.15, 0.2) is 0 Å². The van der Waals surface area contributed by atoms with E-state index in [0.717, 1.165) is 23.4 Å². The number of hydrogen-bond donors (Lipinski definition) is 1. The largest absolute Gasteiger partial charge is 0.497 e. The minimum absolute atomic E-state index is 0.127. The van der Waals surface area contributed by atoms with E-state index in [4.69, 9.17) is 4.74 Å². The molecule has 5 heteroatoms. The van der Waals surface area contributed by atoms with Gasteiger partial charge in [0, 0.05) is 18.8 Å². The van der Waals surface area contributed by atoms with Crippen molar-refractivity contribution in [2.24, 2.45) is 5.92 Å². The van der Waals surface area contributed by atoms with Gasteiger partial charge in [-0.05, 0) is 48.2 Å². The van der Waals surface area contributed by atoms with Gasteiger partial charge in [0.1, 0.15) is 11.7 Å². The number of ether oxygens (including phenoxy) is 1. The first-order valence-electron chi connectivity index (χ1n) is 8.93. The summed E-state index contributed by atoms with van der Waals surface area (Å²) in [5, 5.41) is 2.87. The Labute approximate surface area is 154 Å². The van der Waals surface area contributed by atoms with Crippen molar-refractivity contribution in [1.82, 2.24) is 5.32 Å². The van der Waals surface area contributed by atoms with E-state index in [1.165, 1.54) is 5.56 Å². The van der Waals surface area contributed by atoms with Crippen LogP contribution in [0.2, 0.25) is 0 Å². The first-order chi connectivity index (χ1) is 12.6. The Kier molecular flexibility index (Phi) is 5.56. The molecule has 1 aliphatic heterocycles. The molecule has 1 saturated heterocycles. The predicted octanol–water partition coefficient (Wildman–Crippen LogP) is 2.93. The van der Waals surface area contributed by atoms with E-state index in [9.17, 15) is 9.59 Å². The van der Waals surface area contributed by atoms with Crippen molar-refractivity contribution in [3.8, 4) is 5.75 Å². The monoisotopic (exact) mass is 352 g/mol. The van der Waals surface area contributed by atoms with Crippen LogP contribution in [0.5, 0.6) is 5.75 Å². The maximum atomic E-state index is 12.7. The van der Waals surface area contributed by atoms with Crippen LogP contribution in [0.3, 0.4) is 0 Å². The van der Waals surface area contributed by atoms with E-state index in [2.05, 4.69) is 12.2 Å². The van der Waals surface area contributed by atoms with Crippen LogP contribution in [0, 0.1) is 5.92 Å². The highest BCUT2D eigenvalue weighted by Crippen LogP contribution is 2.26. The number of aryl methyl sites for hydroxylation is 1. The van der Waals surface area contributed by atoms with Crippen LogP contribution in [-0.4, -0.2) is 25.5 Å². The fourth-order valence-corrected chi connectivity index (χ4v) is 3.19. The smallest absolute Gasteiger partial charge is 0.239 e. The molecule has 2 aromatic rings. The summed E-state index contributed by atoms with van der Waals surface area (Å²) in [4.78, 5) is 26.8. The summed E-state index contributed by atoms with van der Waals surface area (Å²) in [6.45, 7) is 3.05. The summed E-state index contributed by atoms with van der Waals surface area (Å²) >= 11 is 0. The van der Waals surface area contributed by atoms with E-state index >= 15 is 0 Å². The highest BCUT2D eigenvalue weighted by molar-refractivity contribution is 6.09. The van der Waals surface area contributed by atoms with E-state index in [1.54, 1.807) is 12.0 Å². The first kappa shape index (κ1) is 18.0. The second-order valence-electron chi connectivity index (χ2n) is 6.42. The van der Waals surface area contributed by atoms with Crippen LogP contribution < -0.4 is 15.0 Å². The summed E-state index contributed by atoms with van der Waals surface area (Å²) in [7, 11) is 1.61. The zero-order valence-corrected chi connectivity index (χ0v) is 15.2. The van der Waals surface area contributed by atoms with Crippen LogP contribution in [0.4, 0.5) is 5.69 Å². The topological polar surface area (TPSA) is 58.6 Å². The predicted molar refractivity (Wildman–Crippen MR) is 101 cm³/mol. The average molecular weight is 352 g/mol. The number of methoxy groups -OCH3 is 1. The van der Waals surface area contributed by atoms with Crippen molar-refractivity contribution in [1.29, 1.82) is 0 Å². The van der Waals surface area contributed by atoms with Crippen molar-refractivity contribution >= 4 is 17.5 Å². The Hall–Kier alpha value is -2.82. The quantitative estimate of drug-likeness (QED) is 0.813. The third-order valence-electron chi connectivity index (χ3n) is 4.78. The highest BCUT2D eigenvalue weighted by Gasteiger charge is 2.37. The standard InChI is InChI=1S/C21H24N2O3/c1-3-15-7-9-17(10-8-15)23-12-11-19(21(23)25)20(24)22-14-16-5-4-6-18(13-16)26-2/h4-10,13,19H,3,11-12,14H2,1-2H3,(H,22,24). The number of carbonyl (C=O) groups is 2. The number of nitrogens with zero attached hydrogens (tertiary/aromatic N) is 1. The number of anilines is 1. The number of amides is 2. The Bertz CT molecular complexity index is 786. The minimum atomic E-state index is -0.619. The Morgan fingerprint density at radius 2 is 1.96 bits per heavy atom. The van der Waals surface area contributed by atoms with Crippen LogP contribution in [0.1, 0.15) is 24.5 Å². The van der Waals surface area contributed by atoms with Crippen LogP contribution in [-0.2, 0) is 22.6 Å². The molecule has 0 bridgehead atoms. The van der Waals surface area contributed by atoms with Gasteiger partial charge in [-0.25, -0.2) is 0 Å². The SMILES string of the molecule is CCc1ccc(N2CCC(C(=O)NCc3cccc(OC)c3)C2=O)cc1. The van der Waals surface area contributed by atoms with Gasteiger partial charge in [-0.3, -0.25) is 9.59 Å². The first-order valence-corrected chi connectivity index (χ1v) is 8.93. The number of carbonyl (C=O) groups excluding carboxylic acids is 2. The lowest BCUT2D eigenvalue weighted by Gasteiger charge is -2.17. The second kappa shape index (κ2) is 8.04. The third kappa shape index (κ3) is 3.87. The zero-order valence-electron chi connectivity index (χ0n) is 15.2. The number of nitrogens with one attached hydrogen (secondary N) is 1. The molecule has 1 fully saturated rings. The van der Waals surface area contributed by atoms with Gasteiger partial charge >= 0.3 is 0 Å². The molecule has 1 aliphatic rings. The van der Waals surface area contributed by atoms with Crippen LogP contribution in [0.15, 0.2) is 48.5 Å². The zero-order chi connectivity index (χ0) is 18.5. The van der Waals surface area contributed by atoms with Gasteiger partial charge in [-0.1, -0.05) is 31.2 Å². The number of benzene rings is 2. The molecule has 2 aromatic carbocycles. The molecule has 5 nitrogen and oxygen atoms in total. The van der Waals surface area contributed by atoms with Crippen LogP contribution in [0.25, 0.3) is 0 Å². The summed E-state index contributed by atoms with van der Waals surface area (Å²) in [5.74, 6) is -0.218. The fourth-order valence-electron chi connectivity index (χ4n) is 3.19. The Morgan fingerprint density at radius 1 is 1.19 bits per heavy atom. The molecule has 1 N–H and O–H groups in total. The molecule has 2 amide bonds. The van der Waals surface area contributed by atoms with Gasteiger partial charge < -0.3 is 15.0 Å². The lowest BCUT2D eigenvalue weighted by atomic mass is 10.1. The Morgan fingerprint density at radius 3 is 2.65 bits per heavy atom. The summed E-state index contributed by atoms with van der Waals surface area (Å²) in [6, 6.07) is 15.5. The van der Waals surface area contributed by atoms with E-state index in [1.807, 2.05) is 48.5 Å². The maximum absolute atomic E-state index is 12.7. The maximum Gasteiger partial charge on any atom is 0.239 e. The number of rotatable bonds is 6. The van der Waals surface area contributed by atoms with Gasteiger partial charge in [-0.15, -0.1) is 0 Å². The Balaban J connectivity index is 1.60. The summed E-state index contributed by atoms with van der Waals surface area (Å²) in [6.07, 6.45) is 1.50. The molecule has 0 spiro atoms. The molecule has 0 aliphatic carbocycles.